The highest BCUT2D eigenvalue weighted by molar-refractivity contribution is 5.72. The monoisotopic (exact) mass is 400 g/mol. The molecule has 148 valence electrons. The predicted molar refractivity (Wildman–Crippen MR) is 101 cm³/mol. The molecule has 0 amide bonds. The Labute approximate surface area is 162 Å². The third kappa shape index (κ3) is 3.04. The van der Waals surface area contributed by atoms with Gasteiger partial charge in [-0.3, -0.25) is 9.36 Å². The summed E-state index contributed by atoms with van der Waals surface area (Å²) < 4.78 is 44.9. The minimum absolute atomic E-state index is 0.0124. The van der Waals surface area contributed by atoms with Gasteiger partial charge in [-0.2, -0.15) is 0 Å². The summed E-state index contributed by atoms with van der Waals surface area (Å²) in [4.78, 5) is 29.9. The maximum Gasteiger partial charge on any atom is 0.337 e. The zero-order chi connectivity index (χ0) is 20.7. The zero-order valence-corrected chi connectivity index (χ0v) is 15.3. The molecule has 0 aliphatic carbocycles. The summed E-state index contributed by atoms with van der Waals surface area (Å²) in [5, 5.41) is 0. The molecule has 2 aromatic heterocycles. The predicted octanol–water partition coefficient (Wildman–Crippen LogP) is 2.83. The summed E-state index contributed by atoms with van der Waals surface area (Å²) in [6.07, 6.45) is 1.25. The second-order valence-electron chi connectivity index (χ2n) is 6.39. The molecule has 9 heteroatoms. The maximum atomic E-state index is 14.1. The van der Waals surface area contributed by atoms with E-state index in [1.807, 2.05) is 0 Å². The lowest BCUT2D eigenvalue weighted by atomic mass is 10.2. The molecule has 2 aromatic carbocycles. The van der Waals surface area contributed by atoms with Gasteiger partial charge in [0.2, 0.25) is 0 Å². The zero-order valence-electron chi connectivity index (χ0n) is 15.3. The van der Waals surface area contributed by atoms with Gasteiger partial charge in [0.25, 0.3) is 5.56 Å². The van der Waals surface area contributed by atoms with Crippen molar-refractivity contribution in [2.24, 2.45) is 0 Å². The largest absolute Gasteiger partial charge is 0.337 e. The maximum absolute atomic E-state index is 14.1. The smallest absolute Gasteiger partial charge is 0.320 e. The average molecular weight is 400 g/mol. The molecule has 0 N–H and O–H groups in total. The van der Waals surface area contributed by atoms with Gasteiger partial charge in [0, 0.05) is 12.1 Å². The van der Waals surface area contributed by atoms with Gasteiger partial charge in [0.1, 0.15) is 17.5 Å². The second-order valence-corrected chi connectivity index (χ2v) is 6.39. The Morgan fingerprint density at radius 2 is 1.62 bits per heavy atom. The number of imidazole rings is 1. The number of hydrogen-bond donors (Lipinski definition) is 0. The van der Waals surface area contributed by atoms with Gasteiger partial charge in [-0.05, 0) is 43.3 Å². The van der Waals surface area contributed by atoms with Crippen LogP contribution in [0.5, 0.6) is 0 Å². The van der Waals surface area contributed by atoms with Crippen molar-refractivity contribution in [1.29, 1.82) is 0 Å². The molecule has 2 heterocycles. The van der Waals surface area contributed by atoms with Crippen molar-refractivity contribution in [2.75, 3.05) is 0 Å². The average Bonchev–Trinajstić information content (AvgIpc) is 3.10. The fourth-order valence-corrected chi connectivity index (χ4v) is 3.26. The van der Waals surface area contributed by atoms with Gasteiger partial charge in [-0.15, -0.1) is 0 Å². The first kappa shape index (κ1) is 18.7. The van der Waals surface area contributed by atoms with Gasteiger partial charge >= 0.3 is 5.69 Å². The quantitative estimate of drug-likeness (QED) is 0.529. The Morgan fingerprint density at radius 1 is 0.966 bits per heavy atom. The number of nitrogens with zero attached hydrogens (tertiary/aromatic N) is 4. The van der Waals surface area contributed by atoms with E-state index in [1.165, 1.54) is 45.8 Å². The molecular formula is C20H15F3N4O2. The lowest BCUT2D eigenvalue weighted by Gasteiger charge is -2.12. The van der Waals surface area contributed by atoms with E-state index in [0.29, 0.717) is 5.69 Å². The molecule has 0 aliphatic rings. The highest BCUT2D eigenvalue weighted by Gasteiger charge is 2.20. The molecule has 0 atom stereocenters. The van der Waals surface area contributed by atoms with Gasteiger partial charge in [0.05, 0.1) is 18.6 Å². The standard InChI is InChI=1S/C20H15F3N4O2/c1-2-26-19(28)17-18(27(20(26)29)13-8-6-12(21)7-9-13)24-11-25(17)10-14-15(22)4-3-5-16(14)23/h3-9,11H,2,10H2,1H3. The minimum Gasteiger partial charge on any atom is -0.320 e. The van der Waals surface area contributed by atoms with Crippen LogP contribution in [0.2, 0.25) is 0 Å². The highest BCUT2D eigenvalue weighted by Crippen LogP contribution is 2.18. The summed E-state index contributed by atoms with van der Waals surface area (Å²) in [7, 11) is 0. The molecule has 6 nitrogen and oxygen atoms in total. The first-order chi connectivity index (χ1) is 13.9. The van der Waals surface area contributed by atoms with Crippen molar-refractivity contribution in [3.8, 4) is 5.69 Å². The van der Waals surface area contributed by atoms with Gasteiger partial charge in [0.15, 0.2) is 11.2 Å². The van der Waals surface area contributed by atoms with Crippen molar-refractivity contribution in [2.45, 2.75) is 20.0 Å². The van der Waals surface area contributed by atoms with Crippen LogP contribution in [0.25, 0.3) is 16.9 Å². The van der Waals surface area contributed by atoms with Crippen molar-refractivity contribution in [3.63, 3.8) is 0 Å². The normalized spacial score (nSPS) is 11.3. The van der Waals surface area contributed by atoms with Crippen LogP contribution in [-0.4, -0.2) is 18.7 Å². The van der Waals surface area contributed by atoms with E-state index in [0.717, 1.165) is 16.7 Å². The van der Waals surface area contributed by atoms with Crippen LogP contribution in [0, 0.1) is 17.5 Å². The Kier molecular flexibility index (Phi) is 4.57. The van der Waals surface area contributed by atoms with Crippen molar-refractivity contribution >= 4 is 11.2 Å². The molecule has 0 aliphatic heterocycles. The number of hydrogen-bond acceptors (Lipinski definition) is 3. The van der Waals surface area contributed by atoms with Crippen LogP contribution in [0.1, 0.15) is 12.5 Å². The fourth-order valence-electron chi connectivity index (χ4n) is 3.26. The van der Waals surface area contributed by atoms with E-state index in [-0.39, 0.29) is 29.8 Å². The van der Waals surface area contributed by atoms with E-state index in [9.17, 15) is 22.8 Å². The molecule has 4 rings (SSSR count). The third-order valence-electron chi connectivity index (χ3n) is 4.69. The topological polar surface area (TPSA) is 61.8 Å². The first-order valence-corrected chi connectivity index (χ1v) is 8.82. The van der Waals surface area contributed by atoms with E-state index in [2.05, 4.69) is 4.98 Å². The first-order valence-electron chi connectivity index (χ1n) is 8.82. The van der Waals surface area contributed by atoms with Crippen molar-refractivity contribution in [1.82, 2.24) is 18.7 Å². The summed E-state index contributed by atoms with van der Waals surface area (Å²) >= 11 is 0. The lowest BCUT2D eigenvalue weighted by Crippen LogP contribution is -2.39. The molecular weight excluding hydrogens is 385 g/mol. The van der Waals surface area contributed by atoms with E-state index in [4.69, 9.17) is 0 Å². The van der Waals surface area contributed by atoms with Crippen LogP contribution in [0.4, 0.5) is 13.2 Å². The molecule has 0 fully saturated rings. The summed E-state index contributed by atoms with van der Waals surface area (Å²) in [6.45, 7) is 1.42. The Morgan fingerprint density at radius 3 is 2.24 bits per heavy atom. The van der Waals surface area contributed by atoms with Crippen LogP contribution < -0.4 is 11.2 Å². The number of halogens is 3. The van der Waals surface area contributed by atoms with Gasteiger partial charge < -0.3 is 4.57 Å². The number of rotatable bonds is 4. The molecule has 29 heavy (non-hydrogen) atoms. The lowest BCUT2D eigenvalue weighted by molar-refractivity contribution is 0.546. The molecule has 0 saturated carbocycles. The molecule has 0 unspecified atom stereocenters. The van der Waals surface area contributed by atoms with Gasteiger partial charge in [-0.25, -0.2) is 27.5 Å². The number of aromatic nitrogens is 4. The van der Waals surface area contributed by atoms with Crippen molar-refractivity contribution < 1.29 is 13.2 Å². The Balaban J connectivity index is 2.01. The SMILES string of the molecule is CCn1c(=O)c2c(ncn2Cc2c(F)cccc2F)n(-c2ccc(F)cc2)c1=O. The second kappa shape index (κ2) is 7.08. The Bertz CT molecular complexity index is 1320. The number of fused-ring (bicyclic) bond motifs is 1. The van der Waals surface area contributed by atoms with Crippen LogP contribution in [0.15, 0.2) is 58.4 Å². The van der Waals surface area contributed by atoms with Crippen molar-refractivity contribution in [3.05, 3.63) is 92.6 Å². The molecule has 0 spiro atoms. The molecule has 0 saturated heterocycles. The number of benzene rings is 2. The Hall–Kier alpha value is -3.62. The molecule has 0 bridgehead atoms. The fraction of sp³-hybridized carbons (Fsp3) is 0.150. The van der Waals surface area contributed by atoms with Crippen LogP contribution in [-0.2, 0) is 13.1 Å². The van der Waals surface area contributed by atoms with Gasteiger partial charge in [-0.1, -0.05) is 6.07 Å². The van der Waals surface area contributed by atoms with E-state index >= 15 is 0 Å². The minimum atomic E-state index is -0.755. The summed E-state index contributed by atoms with van der Waals surface area (Å²) in [5.41, 5.74) is -1.15. The highest BCUT2D eigenvalue weighted by atomic mass is 19.1. The van der Waals surface area contributed by atoms with Crippen LogP contribution in [0.3, 0.4) is 0 Å². The van der Waals surface area contributed by atoms with Crippen LogP contribution >= 0.6 is 0 Å². The van der Waals surface area contributed by atoms with E-state index < -0.39 is 28.7 Å². The summed E-state index contributed by atoms with van der Waals surface area (Å²) in [5.74, 6) is -1.99. The molecule has 0 radical (unpaired) electrons. The van der Waals surface area contributed by atoms with E-state index in [1.54, 1.807) is 6.92 Å². The summed E-state index contributed by atoms with van der Waals surface area (Å²) in [6, 6.07) is 8.62. The molecule has 4 aromatic rings. The third-order valence-corrected chi connectivity index (χ3v) is 4.69.